The third kappa shape index (κ3) is 3.00. The van der Waals surface area contributed by atoms with Crippen molar-refractivity contribution in [2.75, 3.05) is 0 Å². The monoisotopic (exact) mass is 184 g/mol. The van der Waals surface area contributed by atoms with E-state index in [1.54, 1.807) is 19.3 Å². The van der Waals surface area contributed by atoms with Crippen LogP contribution in [0.25, 0.3) is 0 Å². The highest BCUT2D eigenvalue weighted by molar-refractivity contribution is 4.85. The molecule has 0 amide bonds. The lowest BCUT2D eigenvalue weighted by molar-refractivity contribution is 0.238. The van der Waals surface area contributed by atoms with E-state index in [2.05, 4.69) is 6.92 Å². The third-order valence-corrected chi connectivity index (χ3v) is 3.69. The lowest BCUT2D eigenvalue weighted by atomic mass is 9.79. The summed E-state index contributed by atoms with van der Waals surface area (Å²) >= 11 is 0. The third-order valence-electron chi connectivity index (χ3n) is 3.69. The van der Waals surface area contributed by atoms with Crippen molar-refractivity contribution in [2.45, 2.75) is 66.7 Å². The molecule has 3 atom stereocenters. The normalized spacial score (nSPS) is 36.7. The zero-order valence-corrected chi connectivity index (χ0v) is 8.97. The van der Waals surface area contributed by atoms with Gasteiger partial charge in [-0.1, -0.05) is 53.9 Å². The molecule has 0 heterocycles. The van der Waals surface area contributed by atoms with Gasteiger partial charge in [-0.2, -0.15) is 0 Å². The van der Waals surface area contributed by atoms with Crippen LogP contribution in [0, 0.1) is 17.8 Å². The minimum absolute atomic E-state index is 0. The predicted octanol–water partition coefficient (Wildman–Crippen LogP) is 4.89. The molecule has 2 aliphatic carbocycles. The predicted molar refractivity (Wildman–Crippen MR) is 61.9 cm³/mol. The van der Waals surface area contributed by atoms with Crippen molar-refractivity contribution in [1.82, 2.24) is 0 Å². The van der Waals surface area contributed by atoms with Crippen LogP contribution in [-0.2, 0) is 0 Å². The molecule has 80 valence electrons. The summed E-state index contributed by atoms with van der Waals surface area (Å²) in [7, 11) is 0. The number of hydrogen-bond acceptors (Lipinski definition) is 0. The molecule has 0 spiro atoms. The Bertz CT molecular complexity index is 115. The van der Waals surface area contributed by atoms with Gasteiger partial charge in [0.1, 0.15) is 0 Å². The van der Waals surface area contributed by atoms with Crippen LogP contribution in [0.3, 0.4) is 0 Å². The minimum atomic E-state index is 0. The SMILES string of the molecule is C.CC.CC1CCC2CCCCC12. The fraction of sp³-hybridized carbons (Fsp3) is 1.00. The summed E-state index contributed by atoms with van der Waals surface area (Å²) in [6.07, 6.45) is 9.21. The van der Waals surface area contributed by atoms with E-state index in [-0.39, 0.29) is 7.43 Å². The Labute approximate surface area is 85.1 Å². The summed E-state index contributed by atoms with van der Waals surface area (Å²) in [6.45, 7) is 6.45. The number of fused-ring (bicyclic) bond motifs is 1. The van der Waals surface area contributed by atoms with Gasteiger partial charge >= 0.3 is 0 Å². The van der Waals surface area contributed by atoms with Crippen molar-refractivity contribution >= 4 is 0 Å². The standard InChI is InChI=1S/C10H18.C2H6.CH4/c1-8-6-7-9-4-2-3-5-10(8)9;1-2;/h8-10H,2-7H2,1H3;1-2H3;1H4. The lowest BCUT2D eigenvalue weighted by Gasteiger charge is -2.27. The van der Waals surface area contributed by atoms with Crippen LogP contribution in [0.1, 0.15) is 66.7 Å². The minimum Gasteiger partial charge on any atom is -0.0776 e. The summed E-state index contributed by atoms with van der Waals surface area (Å²) < 4.78 is 0. The molecule has 0 aromatic rings. The zero-order chi connectivity index (χ0) is 8.97. The van der Waals surface area contributed by atoms with Crippen LogP contribution < -0.4 is 0 Å². The second-order valence-electron chi connectivity index (χ2n) is 4.26. The van der Waals surface area contributed by atoms with Crippen LogP contribution in [0.2, 0.25) is 0 Å². The topological polar surface area (TPSA) is 0 Å². The largest absolute Gasteiger partial charge is 0.0776 e. The Morgan fingerprint density at radius 1 is 0.846 bits per heavy atom. The van der Waals surface area contributed by atoms with Crippen LogP contribution in [0.5, 0.6) is 0 Å². The van der Waals surface area contributed by atoms with Gasteiger partial charge in [-0.25, -0.2) is 0 Å². The van der Waals surface area contributed by atoms with Crippen molar-refractivity contribution in [2.24, 2.45) is 17.8 Å². The maximum atomic E-state index is 2.45. The first kappa shape index (κ1) is 13.0. The Morgan fingerprint density at radius 2 is 1.46 bits per heavy atom. The number of hydrogen-bond donors (Lipinski definition) is 0. The van der Waals surface area contributed by atoms with E-state index in [4.69, 9.17) is 0 Å². The first-order chi connectivity index (χ1) is 5.88. The molecule has 0 saturated heterocycles. The van der Waals surface area contributed by atoms with E-state index in [1.807, 2.05) is 13.8 Å². The summed E-state index contributed by atoms with van der Waals surface area (Å²) in [5, 5.41) is 0. The summed E-state index contributed by atoms with van der Waals surface area (Å²) in [4.78, 5) is 0. The molecule has 0 bridgehead atoms. The fourth-order valence-electron chi connectivity index (χ4n) is 3.03. The molecule has 0 heteroatoms. The van der Waals surface area contributed by atoms with Crippen molar-refractivity contribution in [3.63, 3.8) is 0 Å². The highest BCUT2D eigenvalue weighted by atomic mass is 14.4. The molecule has 2 aliphatic rings. The molecule has 0 aromatic heterocycles. The average Bonchev–Trinajstić information content (AvgIpc) is 2.53. The van der Waals surface area contributed by atoms with Gasteiger partial charge in [0.25, 0.3) is 0 Å². The number of rotatable bonds is 0. The van der Waals surface area contributed by atoms with E-state index in [0.717, 1.165) is 17.8 Å². The smallest absolute Gasteiger partial charge is 0.0360 e. The second kappa shape index (κ2) is 6.45. The summed E-state index contributed by atoms with van der Waals surface area (Å²) in [5.74, 6) is 3.34. The zero-order valence-electron chi connectivity index (χ0n) is 8.97. The summed E-state index contributed by atoms with van der Waals surface area (Å²) in [6, 6.07) is 0. The summed E-state index contributed by atoms with van der Waals surface area (Å²) in [5.41, 5.74) is 0. The van der Waals surface area contributed by atoms with E-state index in [1.165, 1.54) is 19.3 Å². The Hall–Kier alpha value is 0. The van der Waals surface area contributed by atoms with Crippen LogP contribution in [-0.4, -0.2) is 0 Å². The van der Waals surface area contributed by atoms with Gasteiger partial charge in [0.2, 0.25) is 0 Å². The Balaban J connectivity index is 0.000000451. The molecule has 0 aromatic carbocycles. The molecule has 0 N–H and O–H groups in total. The maximum Gasteiger partial charge on any atom is -0.0360 e. The van der Waals surface area contributed by atoms with Crippen molar-refractivity contribution in [3.8, 4) is 0 Å². The maximum absolute atomic E-state index is 2.45. The van der Waals surface area contributed by atoms with Crippen LogP contribution >= 0.6 is 0 Å². The van der Waals surface area contributed by atoms with Crippen molar-refractivity contribution in [1.29, 1.82) is 0 Å². The first-order valence-corrected chi connectivity index (χ1v) is 5.88. The fourth-order valence-corrected chi connectivity index (χ4v) is 3.03. The molecule has 2 saturated carbocycles. The van der Waals surface area contributed by atoms with Gasteiger partial charge in [-0.15, -0.1) is 0 Å². The van der Waals surface area contributed by atoms with E-state index in [9.17, 15) is 0 Å². The quantitative estimate of drug-likeness (QED) is 0.503. The van der Waals surface area contributed by atoms with Gasteiger partial charge in [-0.3, -0.25) is 0 Å². The highest BCUT2D eigenvalue weighted by Crippen LogP contribution is 2.45. The molecule has 3 unspecified atom stereocenters. The molecule has 2 rings (SSSR count). The van der Waals surface area contributed by atoms with Crippen LogP contribution in [0.4, 0.5) is 0 Å². The lowest BCUT2D eigenvalue weighted by Crippen LogP contribution is -2.17. The van der Waals surface area contributed by atoms with Gasteiger partial charge in [-0.05, 0) is 30.6 Å². The molecular weight excluding hydrogens is 156 g/mol. The molecule has 13 heavy (non-hydrogen) atoms. The van der Waals surface area contributed by atoms with Crippen molar-refractivity contribution < 1.29 is 0 Å². The van der Waals surface area contributed by atoms with Gasteiger partial charge in [0.15, 0.2) is 0 Å². The van der Waals surface area contributed by atoms with E-state index < -0.39 is 0 Å². The Kier molecular flexibility index (Phi) is 6.45. The molecule has 2 fully saturated rings. The molecule has 0 aliphatic heterocycles. The van der Waals surface area contributed by atoms with Crippen LogP contribution in [0.15, 0.2) is 0 Å². The van der Waals surface area contributed by atoms with E-state index >= 15 is 0 Å². The van der Waals surface area contributed by atoms with Gasteiger partial charge in [0.05, 0.1) is 0 Å². The van der Waals surface area contributed by atoms with E-state index in [0.29, 0.717) is 0 Å². The molecule has 0 radical (unpaired) electrons. The Morgan fingerprint density at radius 3 is 2.08 bits per heavy atom. The molecular formula is C13H28. The highest BCUT2D eigenvalue weighted by Gasteiger charge is 2.34. The second-order valence-corrected chi connectivity index (χ2v) is 4.26. The van der Waals surface area contributed by atoms with Gasteiger partial charge in [0, 0.05) is 0 Å². The van der Waals surface area contributed by atoms with Gasteiger partial charge < -0.3 is 0 Å². The first-order valence-electron chi connectivity index (χ1n) is 5.88. The average molecular weight is 184 g/mol. The molecule has 0 nitrogen and oxygen atoms in total. The van der Waals surface area contributed by atoms with Crippen molar-refractivity contribution in [3.05, 3.63) is 0 Å².